The molecule has 238 valence electrons. The van der Waals surface area contributed by atoms with Crippen LogP contribution in [0, 0.1) is 0 Å². The molecule has 0 saturated heterocycles. The number of aromatic nitrogens is 2. The molecule has 51 heavy (non-hydrogen) atoms. The molecule has 3 nitrogen and oxygen atoms in total. The molecule has 0 amide bonds. The van der Waals surface area contributed by atoms with Gasteiger partial charge < -0.3 is 13.6 Å². The number of nitrogens with zero attached hydrogens (tertiary/aromatic N) is 2. The maximum atomic E-state index is 9.75. The normalized spacial score (nSPS) is 14.9. The Hall–Kier alpha value is -6.84. The van der Waals surface area contributed by atoms with Crippen LogP contribution >= 0.6 is 0 Å². The van der Waals surface area contributed by atoms with Gasteiger partial charge in [0.05, 0.1) is 48.2 Å². The third-order valence-electron chi connectivity index (χ3n) is 9.71. The van der Waals surface area contributed by atoms with Crippen LogP contribution in [0.3, 0.4) is 0 Å². The molecule has 0 fully saturated rings. The zero-order valence-electron chi connectivity index (χ0n) is 37.8. The van der Waals surface area contributed by atoms with Crippen molar-refractivity contribution in [3.63, 3.8) is 0 Å². The number of benzene rings is 8. The Morgan fingerprint density at radius 3 is 1.80 bits per heavy atom. The van der Waals surface area contributed by atoms with Gasteiger partial charge in [0.15, 0.2) is 0 Å². The summed E-state index contributed by atoms with van der Waals surface area (Å²) in [5, 5.41) is 4.20. The molecule has 8 aromatic carbocycles. The fourth-order valence-electron chi connectivity index (χ4n) is 7.52. The first-order chi connectivity index (χ1) is 29.9. The van der Waals surface area contributed by atoms with Gasteiger partial charge in [-0.3, -0.25) is 0 Å². The van der Waals surface area contributed by atoms with Gasteiger partial charge in [0.25, 0.3) is 0 Å². The van der Waals surface area contributed by atoms with E-state index in [1.54, 1.807) is 18.2 Å². The number of para-hydroxylation sites is 3. The largest absolute Gasteiger partial charge is 0.456 e. The number of hydrogen-bond donors (Lipinski definition) is 0. The quantitative estimate of drug-likeness (QED) is 0.184. The maximum Gasteiger partial charge on any atom is 0.137 e. The van der Waals surface area contributed by atoms with Crippen molar-refractivity contribution in [1.29, 1.82) is 0 Å². The Bertz CT molecular complexity index is 3710. The smallest absolute Gasteiger partial charge is 0.137 e. The van der Waals surface area contributed by atoms with Crippen LogP contribution in [0.5, 0.6) is 0 Å². The van der Waals surface area contributed by atoms with E-state index in [9.17, 15) is 4.11 Å². The molecule has 3 heterocycles. The second-order valence-electron chi connectivity index (χ2n) is 12.5. The SMILES string of the molecule is [2H]c1c([2H])c([2H])c(-c2cccc(-c3c([2H])c([2H])c4oc5c([2H])c([2H])c([2H])c(-n6c7ccccc7c7cc(-n8c9ccccc9c9ccccc98)ccc76)c5c4c3[2H])c2)c([2H])c1[2H]. The molecule has 0 aliphatic heterocycles. The fraction of sp³-hybridized carbons (Fsp3) is 0. The van der Waals surface area contributed by atoms with Gasteiger partial charge >= 0.3 is 0 Å². The van der Waals surface area contributed by atoms with Crippen molar-refractivity contribution in [3.8, 4) is 33.6 Å². The average molecular weight is 662 g/mol. The molecule has 0 radical (unpaired) electrons. The molecule has 0 atom stereocenters. The van der Waals surface area contributed by atoms with Crippen LogP contribution in [0.2, 0.25) is 0 Å². The van der Waals surface area contributed by atoms with E-state index in [1.807, 2.05) is 65.2 Å². The molecule has 0 aliphatic carbocycles. The van der Waals surface area contributed by atoms with Gasteiger partial charge in [0.2, 0.25) is 0 Å². The third kappa shape index (κ3) is 4.19. The molecule has 0 N–H and O–H groups in total. The molecular formula is C48H30N2O. The topological polar surface area (TPSA) is 23.0 Å². The first kappa shape index (κ1) is 19.4. The van der Waals surface area contributed by atoms with E-state index in [-0.39, 0.29) is 74.0 Å². The second-order valence-corrected chi connectivity index (χ2v) is 12.5. The van der Waals surface area contributed by atoms with Crippen molar-refractivity contribution < 1.29 is 19.5 Å². The summed E-state index contributed by atoms with van der Waals surface area (Å²) < 4.78 is 108. The van der Waals surface area contributed by atoms with Gasteiger partial charge in [0, 0.05) is 32.6 Å². The molecule has 0 bridgehead atoms. The van der Waals surface area contributed by atoms with Crippen LogP contribution in [-0.4, -0.2) is 9.13 Å². The minimum absolute atomic E-state index is 0.0106. The van der Waals surface area contributed by atoms with Crippen LogP contribution in [0.25, 0.3) is 99.2 Å². The Labute approximate surface area is 309 Å². The van der Waals surface area contributed by atoms with E-state index in [2.05, 4.69) is 34.9 Å². The predicted molar refractivity (Wildman–Crippen MR) is 213 cm³/mol. The summed E-state index contributed by atoms with van der Waals surface area (Å²) >= 11 is 0. The Balaban J connectivity index is 1.21. The summed E-state index contributed by atoms with van der Waals surface area (Å²) in [6, 6.07) is 32.2. The van der Waals surface area contributed by atoms with Crippen molar-refractivity contribution in [2.75, 3.05) is 0 Å². The highest BCUT2D eigenvalue weighted by Crippen LogP contribution is 2.41. The monoisotopic (exact) mass is 661 g/mol. The van der Waals surface area contributed by atoms with Crippen molar-refractivity contribution >= 4 is 65.6 Å². The molecule has 11 rings (SSSR count). The van der Waals surface area contributed by atoms with E-state index in [4.69, 9.17) is 15.4 Å². The molecular weight excluding hydrogens is 621 g/mol. The van der Waals surface area contributed by atoms with Gasteiger partial charge in [-0.25, -0.2) is 0 Å². The van der Waals surface area contributed by atoms with E-state index in [1.165, 1.54) is 6.07 Å². The zero-order valence-corrected chi connectivity index (χ0v) is 26.8. The zero-order chi connectivity index (χ0) is 43.0. The highest BCUT2D eigenvalue weighted by Gasteiger charge is 2.20. The average Bonchev–Trinajstić information content (AvgIpc) is 3.95. The van der Waals surface area contributed by atoms with Gasteiger partial charge in [-0.05, 0) is 88.9 Å². The van der Waals surface area contributed by atoms with Crippen molar-refractivity contribution in [2.45, 2.75) is 0 Å². The van der Waals surface area contributed by atoms with E-state index >= 15 is 0 Å². The van der Waals surface area contributed by atoms with Crippen LogP contribution in [0.1, 0.15) is 15.1 Å². The summed E-state index contributed by atoms with van der Waals surface area (Å²) in [4.78, 5) is 0. The summed E-state index contributed by atoms with van der Waals surface area (Å²) in [7, 11) is 0. The lowest BCUT2D eigenvalue weighted by Gasteiger charge is -2.11. The van der Waals surface area contributed by atoms with Crippen LogP contribution in [0.15, 0.2) is 186 Å². The number of rotatable bonds is 4. The van der Waals surface area contributed by atoms with Crippen molar-refractivity contribution in [1.82, 2.24) is 9.13 Å². The maximum absolute atomic E-state index is 9.75. The molecule has 0 aliphatic rings. The van der Waals surface area contributed by atoms with Crippen LogP contribution in [-0.2, 0) is 0 Å². The lowest BCUT2D eigenvalue weighted by atomic mass is 9.98. The number of hydrogen-bond acceptors (Lipinski definition) is 1. The standard InChI is InChI=1S/C48H30N2O/c1-2-12-31(13-3-1)32-14-10-15-33(28-32)34-24-27-46-40(29-34)48-45(22-11-23-47(48)51-46)50-43-21-9-6-18-38(43)39-30-35(25-26-44(39)50)49-41-19-7-4-16-36(41)37-17-5-8-20-42(37)49/h1-30H/i1D,2D,3D,11D,12D,13D,22D,23D,24D,27D,29D. The summed E-state index contributed by atoms with van der Waals surface area (Å²) in [5.74, 6) is 0. The van der Waals surface area contributed by atoms with Crippen LogP contribution < -0.4 is 0 Å². The van der Waals surface area contributed by atoms with Gasteiger partial charge in [0.1, 0.15) is 11.2 Å². The molecule has 0 spiro atoms. The third-order valence-corrected chi connectivity index (χ3v) is 9.71. The summed E-state index contributed by atoms with van der Waals surface area (Å²) in [5.41, 5.74) is 4.82. The molecule has 11 aromatic rings. The Kier molecular flexibility index (Phi) is 4.11. The van der Waals surface area contributed by atoms with Gasteiger partial charge in [-0.1, -0.05) is 115 Å². The van der Waals surface area contributed by atoms with Crippen molar-refractivity contribution in [2.24, 2.45) is 0 Å². The Morgan fingerprint density at radius 1 is 0.412 bits per heavy atom. The molecule has 3 heteroatoms. The van der Waals surface area contributed by atoms with Gasteiger partial charge in [-0.15, -0.1) is 0 Å². The van der Waals surface area contributed by atoms with Gasteiger partial charge in [-0.2, -0.15) is 0 Å². The Morgan fingerprint density at radius 2 is 1.06 bits per heavy atom. The molecule has 0 unspecified atom stereocenters. The first-order valence-corrected chi connectivity index (χ1v) is 16.5. The second kappa shape index (κ2) is 10.8. The van der Waals surface area contributed by atoms with E-state index in [0.717, 1.165) is 38.3 Å². The lowest BCUT2D eigenvalue weighted by Crippen LogP contribution is -1.96. The number of fused-ring (bicyclic) bond motifs is 9. The summed E-state index contributed by atoms with van der Waals surface area (Å²) in [6.45, 7) is 0. The lowest BCUT2D eigenvalue weighted by molar-refractivity contribution is 0.669. The van der Waals surface area contributed by atoms with Crippen LogP contribution in [0.4, 0.5) is 0 Å². The fourth-order valence-corrected chi connectivity index (χ4v) is 7.52. The number of furan rings is 1. The summed E-state index contributed by atoms with van der Waals surface area (Å²) in [6.07, 6.45) is 0. The highest BCUT2D eigenvalue weighted by molar-refractivity contribution is 6.16. The minimum Gasteiger partial charge on any atom is -0.456 e. The first-order valence-electron chi connectivity index (χ1n) is 22.0. The predicted octanol–water partition coefficient (Wildman–Crippen LogP) is 13.1. The van der Waals surface area contributed by atoms with Crippen molar-refractivity contribution in [3.05, 3.63) is 182 Å². The molecule has 3 aromatic heterocycles. The van der Waals surface area contributed by atoms with E-state index < -0.39 is 42.3 Å². The van der Waals surface area contributed by atoms with E-state index in [0.29, 0.717) is 11.0 Å². The minimum atomic E-state index is -0.529. The highest BCUT2D eigenvalue weighted by atomic mass is 16.3. The molecule has 0 saturated carbocycles.